The lowest BCUT2D eigenvalue weighted by Crippen LogP contribution is -2.36. The van der Waals surface area contributed by atoms with Crippen molar-refractivity contribution in [2.24, 2.45) is 5.14 Å². The molecule has 0 saturated carbocycles. The van der Waals surface area contributed by atoms with E-state index in [0.717, 1.165) is 4.90 Å². The van der Waals surface area contributed by atoms with Gasteiger partial charge in [0.05, 0.1) is 9.80 Å². The number of primary sulfonamides is 1. The maximum absolute atomic E-state index is 13.7. The highest BCUT2D eigenvalue weighted by molar-refractivity contribution is 8.18. The van der Waals surface area contributed by atoms with Gasteiger partial charge in [0.25, 0.3) is 11.1 Å². The van der Waals surface area contributed by atoms with Crippen molar-refractivity contribution in [3.05, 3.63) is 64.8 Å². The number of amides is 3. The molecule has 0 radical (unpaired) electrons. The van der Waals surface area contributed by atoms with Gasteiger partial charge in [0.15, 0.2) is 0 Å². The summed E-state index contributed by atoms with van der Waals surface area (Å²) >= 11 is 0.610. The van der Waals surface area contributed by atoms with E-state index in [1.165, 1.54) is 48.5 Å². The second-order valence-electron chi connectivity index (χ2n) is 5.91. The predicted octanol–water partition coefficient (Wildman–Crippen LogP) is 2.15. The molecule has 3 N–H and O–H groups in total. The molecule has 1 fully saturated rings. The standard InChI is InChI=1S/C18H14FN3O5S2/c19-14-4-2-1-3-11(14)9-15-17(24)22(18(25)28-15)10-16(23)21-12-5-7-13(8-6-12)29(20,26)27/h1-9H,10H2,(H,21,23)(H2,20,26,27)/b15-9-. The van der Waals surface area contributed by atoms with E-state index in [2.05, 4.69) is 5.32 Å². The number of sulfonamides is 1. The van der Waals surface area contributed by atoms with Crippen LogP contribution in [-0.2, 0) is 19.6 Å². The Bertz CT molecular complexity index is 1130. The lowest BCUT2D eigenvalue weighted by molar-refractivity contribution is -0.127. The first-order chi connectivity index (χ1) is 13.6. The minimum absolute atomic E-state index is 0.00500. The molecular weight excluding hydrogens is 421 g/mol. The third-order valence-electron chi connectivity index (χ3n) is 3.83. The highest BCUT2D eigenvalue weighted by Gasteiger charge is 2.36. The summed E-state index contributed by atoms with van der Waals surface area (Å²) in [6, 6.07) is 10.8. The number of hydrogen-bond donors (Lipinski definition) is 2. The molecule has 0 bridgehead atoms. The summed E-state index contributed by atoms with van der Waals surface area (Å²) in [5.74, 6) is -1.91. The quantitative estimate of drug-likeness (QED) is 0.693. The molecule has 1 aliphatic heterocycles. The lowest BCUT2D eigenvalue weighted by Gasteiger charge is -2.12. The Labute approximate surface area is 169 Å². The van der Waals surface area contributed by atoms with Gasteiger partial charge in [0, 0.05) is 11.3 Å². The second kappa shape index (κ2) is 8.15. The van der Waals surface area contributed by atoms with Crippen LogP contribution >= 0.6 is 11.8 Å². The zero-order chi connectivity index (χ0) is 21.2. The molecule has 11 heteroatoms. The largest absolute Gasteiger partial charge is 0.325 e. The van der Waals surface area contributed by atoms with Crippen LogP contribution in [0.2, 0.25) is 0 Å². The van der Waals surface area contributed by atoms with E-state index in [4.69, 9.17) is 5.14 Å². The Balaban J connectivity index is 1.68. The van der Waals surface area contributed by atoms with Gasteiger partial charge in [-0.25, -0.2) is 17.9 Å². The van der Waals surface area contributed by atoms with Crippen LogP contribution in [0.25, 0.3) is 6.08 Å². The van der Waals surface area contributed by atoms with Gasteiger partial charge < -0.3 is 5.32 Å². The monoisotopic (exact) mass is 435 g/mol. The highest BCUT2D eigenvalue weighted by atomic mass is 32.2. The summed E-state index contributed by atoms with van der Waals surface area (Å²) < 4.78 is 36.2. The van der Waals surface area contributed by atoms with Crippen LogP contribution in [0, 0.1) is 5.82 Å². The van der Waals surface area contributed by atoms with Gasteiger partial charge in [0.2, 0.25) is 15.9 Å². The Kier molecular flexibility index (Phi) is 5.82. The number of carbonyl (C=O) groups excluding carboxylic acids is 3. The highest BCUT2D eigenvalue weighted by Crippen LogP contribution is 2.32. The number of carbonyl (C=O) groups is 3. The fraction of sp³-hybridized carbons (Fsp3) is 0.0556. The Morgan fingerprint density at radius 3 is 2.41 bits per heavy atom. The first kappa shape index (κ1) is 20.7. The van der Waals surface area contributed by atoms with Gasteiger partial charge in [-0.2, -0.15) is 0 Å². The molecule has 2 aromatic carbocycles. The molecular formula is C18H14FN3O5S2. The molecule has 150 valence electrons. The topological polar surface area (TPSA) is 127 Å². The number of imide groups is 1. The number of nitrogens with zero attached hydrogens (tertiary/aromatic N) is 1. The summed E-state index contributed by atoms with van der Waals surface area (Å²) in [6.07, 6.45) is 1.25. The maximum Gasteiger partial charge on any atom is 0.294 e. The minimum atomic E-state index is -3.86. The fourth-order valence-electron chi connectivity index (χ4n) is 2.44. The summed E-state index contributed by atoms with van der Waals surface area (Å²) in [4.78, 5) is 37.3. The van der Waals surface area contributed by atoms with Gasteiger partial charge in [-0.15, -0.1) is 0 Å². The van der Waals surface area contributed by atoms with Gasteiger partial charge in [-0.1, -0.05) is 18.2 Å². The molecule has 29 heavy (non-hydrogen) atoms. The van der Waals surface area contributed by atoms with Gasteiger partial charge in [-0.3, -0.25) is 19.3 Å². The van der Waals surface area contributed by atoms with E-state index < -0.39 is 39.4 Å². The molecule has 1 saturated heterocycles. The first-order valence-electron chi connectivity index (χ1n) is 8.08. The third kappa shape index (κ3) is 4.88. The molecule has 2 aromatic rings. The maximum atomic E-state index is 13.7. The number of thioether (sulfide) groups is 1. The Morgan fingerprint density at radius 1 is 1.14 bits per heavy atom. The van der Waals surface area contributed by atoms with Crippen molar-refractivity contribution in [2.45, 2.75) is 4.90 Å². The van der Waals surface area contributed by atoms with E-state index in [1.807, 2.05) is 0 Å². The summed E-state index contributed by atoms with van der Waals surface area (Å²) in [7, 11) is -3.86. The molecule has 0 aliphatic carbocycles. The van der Waals surface area contributed by atoms with Crippen LogP contribution < -0.4 is 10.5 Å². The van der Waals surface area contributed by atoms with Crippen molar-refractivity contribution in [1.82, 2.24) is 4.90 Å². The number of benzene rings is 2. The smallest absolute Gasteiger partial charge is 0.294 e. The van der Waals surface area contributed by atoms with Crippen molar-refractivity contribution < 1.29 is 27.2 Å². The van der Waals surface area contributed by atoms with Crippen molar-refractivity contribution in [3.8, 4) is 0 Å². The van der Waals surface area contributed by atoms with Gasteiger partial charge in [-0.05, 0) is 48.2 Å². The number of nitrogens with one attached hydrogen (secondary N) is 1. The van der Waals surface area contributed by atoms with Crippen LogP contribution in [0.1, 0.15) is 5.56 Å². The van der Waals surface area contributed by atoms with E-state index in [1.54, 1.807) is 6.07 Å². The molecule has 0 atom stereocenters. The average Bonchev–Trinajstić information content (AvgIpc) is 2.91. The van der Waals surface area contributed by atoms with Crippen molar-refractivity contribution >= 4 is 50.6 Å². The van der Waals surface area contributed by atoms with Crippen LogP contribution in [0.4, 0.5) is 14.9 Å². The number of anilines is 1. The van der Waals surface area contributed by atoms with E-state index in [9.17, 15) is 27.2 Å². The second-order valence-corrected chi connectivity index (χ2v) is 8.46. The van der Waals surface area contributed by atoms with Crippen molar-refractivity contribution in [3.63, 3.8) is 0 Å². The molecule has 0 aromatic heterocycles. The van der Waals surface area contributed by atoms with Crippen LogP contribution in [0.3, 0.4) is 0 Å². The molecule has 1 heterocycles. The summed E-state index contributed by atoms with van der Waals surface area (Å²) in [6.45, 7) is -0.545. The van der Waals surface area contributed by atoms with Gasteiger partial charge >= 0.3 is 0 Å². The lowest BCUT2D eigenvalue weighted by atomic mass is 10.2. The Morgan fingerprint density at radius 2 is 1.79 bits per heavy atom. The van der Waals surface area contributed by atoms with E-state index >= 15 is 0 Å². The fourth-order valence-corrected chi connectivity index (χ4v) is 3.79. The molecule has 0 unspecified atom stereocenters. The number of hydrogen-bond acceptors (Lipinski definition) is 6. The number of halogens is 1. The van der Waals surface area contributed by atoms with Crippen LogP contribution in [-0.4, -0.2) is 36.9 Å². The van der Waals surface area contributed by atoms with Crippen molar-refractivity contribution in [2.75, 3.05) is 11.9 Å². The van der Waals surface area contributed by atoms with Crippen LogP contribution in [0.15, 0.2) is 58.3 Å². The van der Waals surface area contributed by atoms with Crippen LogP contribution in [0.5, 0.6) is 0 Å². The molecule has 3 rings (SSSR count). The summed E-state index contributed by atoms with van der Waals surface area (Å²) in [5, 5.41) is 6.79. The predicted molar refractivity (Wildman–Crippen MR) is 106 cm³/mol. The number of rotatable bonds is 5. The summed E-state index contributed by atoms with van der Waals surface area (Å²) in [5.41, 5.74) is 0.411. The molecule has 3 amide bonds. The zero-order valence-corrected chi connectivity index (χ0v) is 16.3. The SMILES string of the molecule is NS(=O)(=O)c1ccc(NC(=O)CN2C(=O)S/C(=C\c3ccccc3F)C2=O)cc1. The van der Waals surface area contributed by atoms with Gasteiger partial charge in [0.1, 0.15) is 12.4 Å². The third-order valence-corrected chi connectivity index (χ3v) is 5.67. The molecule has 8 nitrogen and oxygen atoms in total. The average molecular weight is 435 g/mol. The molecule has 1 aliphatic rings. The Hall–Kier alpha value is -3.02. The minimum Gasteiger partial charge on any atom is -0.325 e. The normalized spacial score (nSPS) is 15.8. The number of nitrogens with two attached hydrogens (primary N) is 1. The molecule has 0 spiro atoms. The van der Waals surface area contributed by atoms with E-state index in [0.29, 0.717) is 11.8 Å². The van der Waals surface area contributed by atoms with Crippen molar-refractivity contribution in [1.29, 1.82) is 0 Å². The zero-order valence-electron chi connectivity index (χ0n) is 14.7. The first-order valence-corrected chi connectivity index (χ1v) is 10.4. The van der Waals surface area contributed by atoms with E-state index in [-0.39, 0.29) is 21.1 Å².